The van der Waals surface area contributed by atoms with E-state index in [4.69, 9.17) is 5.73 Å². The largest absolute Gasteiger partial charge is 0.330 e. The molecule has 0 saturated carbocycles. The first-order chi connectivity index (χ1) is 10.0. The molecule has 2 aromatic rings. The average Bonchev–Trinajstić information content (AvgIpc) is 2.49. The first kappa shape index (κ1) is 15.8. The van der Waals surface area contributed by atoms with Crippen LogP contribution in [0.15, 0.2) is 54.6 Å². The van der Waals surface area contributed by atoms with E-state index in [0.717, 1.165) is 0 Å². The molecule has 0 fully saturated rings. The summed E-state index contributed by atoms with van der Waals surface area (Å²) in [5.41, 5.74) is 10.1. The van der Waals surface area contributed by atoms with Crippen LogP contribution in [0.1, 0.15) is 33.3 Å². The van der Waals surface area contributed by atoms with Crippen molar-refractivity contribution in [1.82, 2.24) is 0 Å². The van der Waals surface area contributed by atoms with Gasteiger partial charge in [0.05, 0.1) is 0 Å². The molecule has 2 aromatic carbocycles. The lowest BCUT2D eigenvalue weighted by atomic mass is 9.64. The van der Waals surface area contributed by atoms with Gasteiger partial charge in [0.25, 0.3) is 0 Å². The molecule has 2 N–H and O–H groups in total. The van der Waals surface area contributed by atoms with Crippen molar-refractivity contribution in [1.29, 1.82) is 0 Å². The summed E-state index contributed by atoms with van der Waals surface area (Å²) in [5, 5.41) is 0. The van der Waals surface area contributed by atoms with Crippen LogP contribution in [0.4, 0.5) is 0 Å². The number of benzene rings is 2. The fourth-order valence-electron chi connectivity index (χ4n) is 3.53. The molecule has 0 saturated heterocycles. The molecule has 2 rings (SSSR count). The van der Waals surface area contributed by atoms with E-state index < -0.39 is 0 Å². The van der Waals surface area contributed by atoms with E-state index >= 15 is 0 Å². The van der Waals surface area contributed by atoms with Crippen LogP contribution in [0.5, 0.6) is 0 Å². The molecule has 0 amide bonds. The minimum atomic E-state index is 0.0508. The zero-order chi connectivity index (χ0) is 15.5. The van der Waals surface area contributed by atoms with Gasteiger partial charge in [0.2, 0.25) is 0 Å². The molecule has 0 aliphatic carbocycles. The SMILES string of the molecule is CC(C)C(CN)(c1ccc(-c2ccccc2)cc1)C(C)C. The molecule has 0 aliphatic heterocycles. The van der Waals surface area contributed by atoms with E-state index in [9.17, 15) is 0 Å². The third-order valence-corrected chi connectivity index (χ3v) is 4.93. The first-order valence-electron chi connectivity index (χ1n) is 7.88. The van der Waals surface area contributed by atoms with Crippen molar-refractivity contribution >= 4 is 0 Å². The maximum Gasteiger partial charge on any atom is 0.0121 e. The number of rotatable bonds is 5. The molecule has 21 heavy (non-hydrogen) atoms. The molecule has 0 aromatic heterocycles. The van der Waals surface area contributed by atoms with Gasteiger partial charge in [-0.2, -0.15) is 0 Å². The number of hydrogen-bond acceptors (Lipinski definition) is 1. The van der Waals surface area contributed by atoms with Gasteiger partial charge in [0.15, 0.2) is 0 Å². The zero-order valence-electron chi connectivity index (χ0n) is 13.6. The Balaban J connectivity index is 2.41. The lowest BCUT2D eigenvalue weighted by Crippen LogP contribution is -2.44. The quantitative estimate of drug-likeness (QED) is 0.832. The second kappa shape index (κ2) is 6.44. The minimum Gasteiger partial charge on any atom is -0.330 e. The van der Waals surface area contributed by atoms with Gasteiger partial charge in [-0.15, -0.1) is 0 Å². The van der Waals surface area contributed by atoms with Crippen LogP contribution in [0, 0.1) is 11.8 Å². The fourth-order valence-corrected chi connectivity index (χ4v) is 3.53. The summed E-state index contributed by atoms with van der Waals surface area (Å²) in [5.74, 6) is 1.04. The summed E-state index contributed by atoms with van der Waals surface area (Å²) in [6, 6.07) is 19.5. The van der Waals surface area contributed by atoms with Gasteiger partial charge in [-0.3, -0.25) is 0 Å². The molecule has 0 radical (unpaired) electrons. The fraction of sp³-hybridized carbons (Fsp3) is 0.400. The van der Waals surface area contributed by atoms with Crippen molar-refractivity contribution in [2.24, 2.45) is 17.6 Å². The standard InChI is InChI=1S/C20H27N/c1-15(2)20(14-21,16(3)4)19-12-10-18(11-13-19)17-8-6-5-7-9-17/h5-13,15-16H,14,21H2,1-4H3. The van der Waals surface area contributed by atoms with Crippen LogP contribution >= 0.6 is 0 Å². The third kappa shape index (κ3) is 2.89. The maximum atomic E-state index is 6.19. The summed E-state index contributed by atoms with van der Waals surface area (Å²) in [4.78, 5) is 0. The first-order valence-corrected chi connectivity index (χ1v) is 7.88. The molecule has 0 atom stereocenters. The predicted molar refractivity (Wildman–Crippen MR) is 92.3 cm³/mol. The predicted octanol–water partition coefficient (Wildman–Crippen LogP) is 4.86. The van der Waals surface area contributed by atoms with Gasteiger partial charge < -0.3 is 5.73 Å². The van der Waals surface area contributed by atoms with Crippen molar-refractivity contribution in [2.45, 2.75) is 33.1 Å². The van der Waals surface area contributed by atoms with E-state index in [1.807, 2.05) is 0 Å². The molecular formula is C20H27N. The molecule has 0 unspecified atom stereocenters. The van der Waals surface area contributed by atoms with Gasteiger partial charge in [0.1, 0.15) is 0 Å². The Morgan fingerprint density at radius 2 is 1.24 bits per heavy atom. The van der Waals surface area contributed by atoms with Gasteiger partial charge in [0, 0.05) is 12.0 Å². The van der Waals surface area contributed by atoms with E-state index in [1.54, 1.807) is 0 Å². The van der Waals surface area contributed by atoms with E-state index in [2.05, 4.69) is 82.3 Å². The Kier molecular flexibility index (Phi) is 4.84. The Bertz CT molecular complexity index is 544. The summed E-state index contributed by atoms with van der Waals surface area (Å²) in [7, 11) is 0. The highest BCUT2D eigenvalue weighted by Gasteiger charge is 2.37. The molecule has 0 bridgehead atoms. The number of hydrogen-bond donors (Lipinski definition) is 1. The van der Waals surface area contributed by atoms with Crippen LogP contribution < -0.4 is 5.73 Å². The maximum absolute atomic E-state index is 6.19. The van der Waals surface area contributed by atoms with E-state index in [1.165, 1.54) is 16.7 Å². The van der Waals surface area contributed by atoms with Crippen LogP contribution in [-0.2, 0) is 5.41 Å². The van der Waals surface area contributed by atoms with Crippen molar-refractivity contribution in [2.75, 3.05) is 6.54 Å². The molecule has 0 aliphatic rings. The third-order valence-electron chi connectivity index (χ3n) is 4.93. The van der Waals surface area contributed by atoms with Gasteiger partial charge in [-0.05, 0) is 28.5 Å². The zero-order valence-corrected chi connectivity index (χ0v) is 13.6. The smallest absolute Gasteiger partial charge is 0.0121 e. The second-order valence-electron chi connectivity index (χ2n) is 6.50. The van der Waals surface area contributed by atoms with Gasteiger partial charge >= 0.3 is 0 Å². The molecule has 1 nitrogen and oxygen atoms in total. The van der Waals surface area contributed by atoms with E-state index in [-0.39, 0.29) is 5.41 Å². The highest BCUT2D eigenvalue weighted by atomic mass is 14.6. The van der Waals surface area contributed by atoms with Crippen molar-refractivity contribution in [3.63, 3.8) is 0 Å². The van der Waals surface area contributed by atoms with Crippen LogP contribution in [0.3, 0.4) is 0 Å². The normalized spacial score (nSPS) is 12.1. The Labute approximate surface area is 129 Å². The van der Waals surface area contributed by atoms with Crippen molar-refractivity contribution in [3.8, 4) is 11.1 Å². The molecule has 112 valence electrons. The summed E-state index contributed by atoms with van der Waals surface area (Å²) < 4.78 is 0. The summed E-state index contributed by atoms with van der Waals surface area (Å²) >= 11 is 0. The van der Waals surface area contributed by atoms with Crippen LogP contribution in [-0.4, -0.2) is 6.54 Å². The Morgan fingerprint density at radius 1 is 0.762 bits per heavy atom. The minimum absolute atomic E-state index is 0.0508. The summed E-state index contributed by atoms with van der Waals surface area (Å²) in [6.45, 7) is 9.79. The van der Waals surface area contributed by atoms with E-state index in [0.29, 0.717) is 18.4 Å². The van der Waals surface area contributed by atoms with Crippen LogP contribution in [0.2, 0.25) is 0 Å². The summed E-state index contributed by atoms with van der Waals surface area (Å²) in [6.07, 6.45) is 0. The molecule has 0 heterocycles. The van der Waals surface area contributed by atoms with Gasteiger partial charge in [-0.1, -0.05) is 82.3 Å². The second-order valence-corrected chi connectivity index (χ2v) is 6.50. The lowest BCUT2D eigenvalue weighted by Gasteiger charge is -2.41. The van der Waals surface area contributed by atoms with Gasteiger partial charge in [-0.25, -0.2) is 0 Å². The Morgan fingerprint density at radius 3 is 1.67 bits per heavy atom. The van der Waals surface area contributed by atoms with Crippen LogP contribution in [0.25, 0.3) is 11.1 Å². The monoisotopic (exact) mass is 281 g/mol. The van der Waals surface area contributed by atoms with Crippen molar-refractivity contribution in [3.05, 3.63) is 60.2 Å². The highest BCUT2D eigenvalue weighted by molar-refractivity contribution is 5.63. The molecule has 1 heteroatoms. The molecule has 0 spiro atoms. The topological polar surface area (TPSA) is 26.0 Å². The van der Waals surface area contributed by atoms with Crippen molar-refractivity contribution < 1.29 is 0 Å². The lowest BCUT2D eigenvalue weighted by molar-refractivity contribution is 0.227. The average molecular weight is 281 g/mol. The molecular weight excluding hydrogens is 254 g/mol. The highest BCUT2D eigenvalue weighted by Crippen LogP contribution is 2.39. The number of nitrogens with two attached hydrogens (primary N) is 1. The Hall–Kier alpha value is -1.60.